The number of nitrogens with one attached hydrogen (secondary N) is 1. The summed E-state index contributed by atoms with van der Waals surface area (Å²) in [5, 5.41) is 11.9. The molecule has 0 heterocycles. The highest BCUT2D eigenvalue weighted by Gasteiger charge is 2.20. The number of rotatable bonds is 7. The van der Waals surface area contributed by atoms with Gasteiger partial charge >= 0.3 is 5.97 Å². The topological polar surface area (TPSA) is 84.9 Å². The summed E-state index contributed by atoms with van der Waals surface area (Å²) >= 11 is 0. The van der Waals surface area contributed by atoms with E-state index in [0.717, 1.165) is 11.3 Å². The van der Waals surface area contributed by atoms with Gasteiger partial charge in [-0.1, -0.05) is 19.1 Å². The van der Waals surface area contributed by atoms with Crippen LogP contribution in [0.1, 0.15) is 35.2 Å². The number of carbonyl (C=O) groups is 2. The summed E-state index contributed by atoms with van der Waals surface area (Å²) in [7, 11) is 2.98. The summed E-state index contributed by atoms with van der Waals surface area (Å²) in [5.41, 5.74) is 1.41. The van der Waals surface area contributed by atoms with Gasteiger partial charge in [0.15, 0.2) is 0 Å². The third-order valence-corrected chi connectivity index (χ3v) is 3.94. The first kappa shape index (κ1) is 18.3. The number of aromatic carboxylic acids is 1. The van der Waals surface area contributed by atoms with E-state index in [1.165, 1.54) is 19.2 Å². The Kier molecular flexibility index (Phi) is 6.00. The molecule has 132 valence electrons. The first-order valence-electron chi connectivity index (χ1n) is 7.86. The van der Waals surface area contributed by atoms with Crippen LogP contribution in [0.3, 0.4) is 0 Å². The lowest BCUT2D eigenvalue weighted by Gasteiger charge is -2.16. The van der Waals surface area contributed by atoms with Crippen molar-refractivity contribution < 1.29 is 24.2 Å². The van der Waals surface area contributed by atoms with Gasteiger partial charge in [-0.25, -0.2) is 4.79 Å². The number of benzene rings is 2. The Morgan fingerprint density at radius 2 is 1.76 bits per heavy atom. The standard InChI is InChI=1S/C19H21NO5/c1-4-15(12-5-8-14(24-2)9-6-12)18(21)20-13-7-10-16(19(22)23)17(11-13)25-3/h5-11,15H,4H2,1-3H3,(H,20,21)(H,22,23). The lowest BCUT2D eigenvalue weighted by atomic mass is 9.95. The van der Waals surface area contributed by atoms with Gasteiger partial charge < -0.3 is 19.9 Å². The Morgan fingerprint density at radius 3 is 2.28 bits per heavy atom. The molecular weight excluding hydrogens is 322 g/mol. The number of hydrogen-bond acceptors (Lipinski definition) is 4. The molecular formula is C19H21NO5. The Bertz CT molecular complexity index is 755. The molecule has 0 aliphatic carbocycles. The van der Waals surface area contributed by atoms with Crippen LogP contribution in [0, 0.1) is 0 Å². The first-order valence-corrected chi connectivity index (χ1v) is 7.86. The number of carbonyl (C=O) groups excluding carboxylic acids is 1. The van der Waals surface area contributed by atoms with Gasteiger partial charge in [-0.3, -0.25) is 4.79 Å². The van der Waals surface area contributed by atoms with Crippen molar-refractivity contribution in [1.82, 2.24) is 0 Å². The van der Waals surface area contributed by atoms with Gasteiger partial charge in [-0.05, 0) is 36.2 Å². The zero-order valence-corrected chi connectivity index (χ0v) is 14.4. The van der Waals surface area contributed by atoms with Gasteiger partial charge in [0.25, 0.3) is 0 Å². The van der Waals surface area contributed by atoms with Crippen LogP contribution in [-0.4, -0.2) is 31.2 Å². The number of anilines is 1. The van der Waals surface area contributed by atoms with E-state index in [1.54, 1.807) is 13.2 Å². The van der Waals surface area contributed by atoms with E-state index in [9.17, 15) is 9.59 Å². The van der Waals surface area contributed by atoms with Gasteiger partial charge in [-0.2, -0.15) is 0 Å². The molecule has 2 aromatic rings. The summed E-state index contributed by atoms with van der Waals surface area (Å²) < 4.78 is 10.2. The zero-order chi connectivity index (χ0) is 18.4. The van der Waals surface area contributed by atoms with E-state index in [0.29, 0.717) is 12.1 Å². The SMILES string of the molecule is CCC(C(=O)Nc1ccc(C(=O)O)c(OC)c1)c1ccc(OC)cc1. The van der Waals surface area contributed by atoms with Crippen LogP contribution in [0.15, 0.2) is 42.5 Å². The van der Waals surface area contributed by atoms with Gasteiger partial charge in [0.1, 0.15) is 17.1 Å². The first-order chi connectivity index (χ1) is 12.0. The normalized spacial score (nSPS) is 11.5. The monoisotopic (exact) mass is 343 g/mol. The zero-order valence-electron chi connectivity index (χ0n) is 14.4. The summed E-state index contributed by atoms with van der Waals surface area (Å²) in [4.78, 5) is 23.7. The van der Waals surface area contributed by atoms with Crippen molar-refractivity contribution in [3.8, 4) is 11.5 Å². The predicted molar refractivity (Wildman–Crippen MR) is 94.6 cm³/mol. The summed E-state index contributed by atoms with van der Waals surface area (Å²) in [5.74, 6) is -0.649. The minimum atomic E-state index is -1.08. The van der Waals surface area contributed by atoms with E-state index in [1.807, 2.05) is 31.2 Å². The second-order valence-electron chi connectivity index (χ2n) is 5.44. The molecule has 1 unspecified atom stereocenters. The number of methoxy groups -OCH3 is 2. The second-order valence-corrected chi connectivity index (χ2v) is 5.44. The van der Waals surface area contributed by atoms with Crippen LogP contribution in [-0.2, 0) is 4.79 Å². The number of hydrogen-bond donors (Lipinski definition) is 2. The molecule has 25 heavy (non-hydrogen) atoms. The lowest BCUT2D eigenvalue weighted by Crippen LogP contribution is -2.20. The van der Waals surface area contributed by atoms with E-state index < -0.39 is 5.97 Å². The number of ether oxygens (including phenoxy) is 2. The fourth-order valence-electron chi connectivity index (χ4n) is 2.58. The predicted octanol–water partition coefficient (Wildman–Crippen LogP) is 3.53. The lowest BCUT2D eigenvalue weighted by molar-refractivity contribution is -0.117. The van der Waals surface area contributed by atoms with Crippen molar-refractivity contribution >= 4 is 17.6 Å². The van der Waals surface area contributed by atoms with Crippen molar-refractivity contribution in [1.29, 1.82) is 0 Å². The second kappa shape index (κ2) is 8.19. The third-order valence-electron chi connectivity index (χ3n) is 3.94. The van der Waals surface area contributed by atoms with Crippen LogP contribution in [0.2, 0.25) is 0 Å². The molecule has 1 atom stereocenters. The van der Waals surface area contributed by atoms with Crippen molar-refractivity contribution in [2.24, 2.45) is 0 Å². The van der Waals surface area contributed by atoms with Crippen molar-refractivity contribution in [2.75, 3.05) is 19.5 Å². The fraction of sp³-hybridized carbons (Fsp3) is 0.263. The van der Waals surface area contributed by atoms with Gasteiger partial charge in [0, 0.05) is 11.8 Å². The molecule has 0 bridgehead atoms. The van der Waals surface area contributed by atoms with Crippen LogP contribution < -0.4 is 14.8 Å². The van der Waals surface area contributed by atoms with E-state index in [2.05, 4.69) is 5.32 Å². The van der Waals surface area contributed by atoms with E-state index in [-0.39, 0.29) is 23.1 Å². The summed E-state index contributed by atoms with van der Waals surface area (Å²) in [6, 6.07) is 11.8. The molecule has 0 aliphatic heterocycles. The molecule has 2 aromatic carbocycles. The Balaban J connectivity index is 2.20. The fourth-order valence-corrected chi connectivity index (χ4v) is 2.58. The van der Waals surface area contributed by atoms with Crippen molar-refractivity contribution in [3.05, 3.63) is 53.6 Å². The van der Waals surface area contributed by atoms with Crippen molar-refractivity contribution in [2.45, 2.75) is 19.3 Å². The highest BCUT2D eigenvalue weighted by molar-refractivity contribution is 5.97. The Hall–Kier alpha value is -3.02. The quantitative estimate of drug-likeness (QED) is 0.803. The van der Waals surface area contributed by atoms with Crippen LogP contribution in [0.25, 0.3) is 0 Å². The molecule has 0 saturated heterocycles. The highest BCUT2D eigenvalue weighted by Crippen LogP contribution is 2.27. The van der Waals surface area contributed by atoms with E-state index in [4.69, 9.17) is 14.6 Å². The Morgan fingerprint density at radius 1 is 1.08 bits per heavy atom. The van der Waals surface area contributed by atoms with Crippen molar-refractivity contribution in [3.63, 3.8) is 0 Å². The number of amides is 1. The van der Waals surface area contributed by atoms with Crippen LogP contribution in [0.5, 0.6) is 11.5 Å². The molecule has 6 heteroatoms. The summed E-state index contributed by atoms with van der Waals surface area (Å²) in [6.07, 6.45) is 0.627. The maximum absolute atomic E-state index is 12.6. The van der Waals surface area contributed by atoms with E-state index >= 15 is 0 Å². The average Bonchev–Trinajstić information content (AvgIpc) is 2.62. The molecule has 6 nitrogen and oxygen atoms in total. The molecule has 2 N–H and O–H groups in total. The number of carboxylic acid groups (broad SMARTS) is 1. The molecule has 0 spiro atoms. The number of carboxylic acids is 1. The van der Waals surface area contributed by atoms with Gasteiger partial charge in [0.2, 0.25) is 5.91 Å². The molecule has 1 amide bonds. The molecule has 2 rings (SSSR count). The van der Waals surface area contributed by atoms with Crippen LogP contribution >= 0.6 is 0 Å². The molecule has 0 aliphatic rings. The maximum Gasteiger partial charge on any atom is 0.339 e. The minimum Gasteiger partial charge on any atom is -0.497 e. The minimum absolute atomic E-state index is 0.0442. The van der Waals surface area contributed by atoms with Crippen LogP contribution in [0.4, 0.5) is 5.69 Å². The van der Waals surface area contributed by atoms with Gasteiger partial charge in [-0.15, -0.1) is 0 Å². The summed E-state index contributed by atoms with van der Waals surface area (Å²) in [6.45, 7) is 1.93. The smallest absolute Gasteiger partial charge is 0.339 e. The third kappa shape index (κ3) is 4.29. The largest absolute Gasteiger partial charge is 0.497 e. The molecule has 0 saturated carbocycles. The molecule has 0 fully saturated rings. The molecule has 0 radical (unpaired) electrons. The Labute approximate surface area is 146 Å². The van der Waals surface area contributed by atoms with Gasteiger partial charge in [0.05, 0.1) is 20.1 Å². The highest BCUT2D eigenvalue weighted by atomic mass is 16.5. The molecule has 0 aromatic heterocycles. The average molecular weight is 343 g/mol. The maximum atomic E-state index is 12.6.